The van der Waals surface area contributed by atoms with E-state index in [9.17, 15) is 0 Å². The van der Waals surface area contributed by atoms with Gasteiger partial charge in [-0.05, 0) is 12.8 Å². The van der Waals surface area contributed by atoms with Crippen LogP contribution in [0.15, 0.2) is 6.20 Å². The Kier molecular flexibility index (Phi) is 1.74. The van der Waals surface area contributed by atoms with E-state index in [1.165, 1.54) is 12.8 Å². The Hall–Kier alpha value is -1.85. The number of fused-ring (bicyclic) bond motifs is 1. The third-order valence-corrected chi connectivity index (χ3v) is 2.45. The molecule has 3 N–H and O–H groups in total. The highest BCUT2D eigenvalue weighted by Crippen LogP contribution is 2.27. The van der Waals surface area contributed by atoms with Crippen LogP contribution in [0.4, 0.5) is 11.8 Å². The van der Waals surface area contributed by atoms with E-state index in [4.69, 9.17) is 0 Å². The largest absolute Gasteiger partial charge is 0.367 e. The summed E-state index contributed by atoms with van der Waals surface area (Å²) >= 11 is 0. The minimum Gasteiger partial charge on any atom is -0.367 e. The van der Waals surface area contributed by atoms with Crippen LogP contribution >= 0.6 is 0 Å². The molecular formula is C9H12N6. The third kappa shape index (κ3) is 1.47. The average molecular weight is 204 g/mol. The van der Waals surface area contributed by atoms with Crippen molar-refractivity contribution in [3.05, 3.63) is 6.20 Å². The Morgan fingerprint density at radius 3 is 3.00 bits per heavy atom. The molecule has 1 aliphatic rings. The summed E-state index contributed by atoms with van der Waals surface area (Å²) in [6.07, 6.45) is 4.19. The zero-order chi connectivity index (χ0) is 10.3. The monoisotopic (exact) mass is 204 g/mol. The molecule has 2 aromatic heterocycles. The zero-order valence-electron chi connectivity index (χ0n) is 8.41. The van der Waals surface area contributed by atoms with Crippen LogP contribution in [0, 0.1) is 0 Å². The van der Waals surface area contributed by atoms with Crippen LogP contribution in [0.3, 0.4) is 0 Å². The molecule has 0 bridgehead atoms. The molecule has 0 amide bonds. The molecule has 0 aliphatic heterocycles. The normalized spacial score (nSPS) is 15.5. The van der Waals surface area contributed by atoms with E-state index < -0.39 is 0 Å². The third-order valence-electron chi connectivity index (χ3n) is 2.45. The van der Waals surface area contributed by atoms with Crippen molar-refractivity contribution in [2.24, 2.45) is 0 Å². The number of nitrogens with one attached hydrogen (secondary N) is 3. The first-order valence-electron chi connectivity index (χ1n) is 5.02. The molecule has 0 atom stereocenters. The maximum absolute atomic E-state index is 4.38. The van der Waals surface area contributed by atoms with Crippen LogP contribution in [0.1, 0.15) is 12.8 Å². The lowest BCUT2D eigenvalue weighted by molar-refractivity contribution is 1.08. The molecular weight excluding hydrogens is 192 g/mol. The van der Waals surface area contributed by atoms with Crippen molar-refractivity contribution < 1.29 is 0 Å². The van der Waals surface area contributed by atoms with E-state index in [-0.39, 0.29) is 0 Å². The van der Waals surface area contributed by atoms with Crippen molar-refractivity contribution in [1.82, 2.24) is 20.2 Å². The highest BCUT2D eigenvalue weighted by Gasteiger charge is 2.23. The molecule has 78 valence electrons. The zero-order valence-corrected chi connectivity index (χ0v) is 8.41. The van der Waals surface area contributed by atoms with Crippen LogP contribution in [-0.2, 0) is 0 Å². The fourth-order valence-electron chi connectivity index (χ4n) is 1.48. The maximum Gasteiger partial charge on any atom is 0.226 e. The number of rotatable bonds is 3. The number of aromatic amines is 1. The lowest BCUT2D eigenvalue weighted by Gasteiger charge is -2.06. The quantitative estimate of drug-likeness (QED) is 0.694. The van der Waals surface area contributed by atoms with E-state index in [1.54, 1.807) is 13.2 Å². The van der Waals surface area contributed by atoms with Crippen molar-refractivity contribution in [1.29, 1.82) is 0 Å². The summed E-state index contributed by atoms with van der Waals surface area (Å²) in [5.74, 6) is 1.47. The number of H-pyrrole nitrogens is 1. The van der Waals surface area contributed by atoms with Crippen LogP contribution in [-0.4, -0.2) is 33.3 Å². The molecule has 0 spiro atoms. The predicted octanol–water partition coefficient (Wildman–Crippen LogP) is 0.969. The van der Waals surface area contributed by atoms with E-state index in [0.29, 0.717) is 12.0 Å². The number of anilines is 2. The topological polar surface area (TPSA) is 78.5 Å². The van der Waals surface area contributed by atoms with Gasteiger partial charge in [0, 0.05) is 13.1 Å². The van der Waals surface area contributed by atoms with Gasteiger partial charge in [0.1, 0.15) is 5.82 Å². The second-order valence-corrected chi connectivity index (χ2v) is 3.70. The number of hydrogen-bond acceptors (Lipinski definition) is 5. The van der Waals surface area contributed by atoms with Crippen molar-refractivity contribution >= 4 is 22.8 Å². The Morgan fingerprint density at radius 1 is 1.40 bits per heavy atom. The SMILES string of the molecule is CNc1nc(NC2CC2)c2cn[nH]c2n1. The van der Waals surface area contributed by atoms with Crippen LogP contribution in [0.5, 0.6) is 0 Å². The lowest BCUT2D eigenvalue weighted by atomic mass is 10.4. The summed E-state index contributed by atoms with van der Waals surface area (Å²) in [6.45, 7) is 0. The molecule has 1 aliphatic carbocycles. The Labute approximate surface area is 86.5 Å². The molecule has 1 saturated carbocycles. The van der Waals surface area contributed by atoms with Gasteiger partial charge < -0.3 is 10.6 Å². The van der Waals surface area contributed by atoms with Crippen molar-refractivity contribution in [2.45, 2.75) is 18.9 Å². The molecule has 3 rings (SSSR count). The van der Waals surface area contributed by atoms with Crippen molar-refractivity contribution in [3.63, 3.8) is 0 Å². The minimum atomic E-state index is 0.572. The standard InChI is InChI=1S/C9H12N6/c1-10-9-13-7(12-5-2-3-5)6-4-11-15-8(6)14-9/h4-5H,2-3H2,1H3,(H3,10,11,12,13,14,15). The van der Waals surface area contributed by atoms with Crippen LogP contribution in [0.25, 0.3) is 11.0 Å². The molecule has 6 nitrogen and oxygen atoms in total. The Bertz CT molecular complexity index is 486. The first kappa shape index (κ1) is 8.46. The molecule has 0 radical (unpaired) electrons. The highest BCUT2D eigenvalue weighted by atomic mass is 15.2. The summed E-state index contributed by atoms with van der Waals surface area (Å²) < 4.78 is 0. The maximum atomic E-state index is 4.38. The molecule has 15 heavy (non-hydrogen) atoms. The lowest BCUT2D eigenvalue weighted by Crippen LogP contribution is -2.06. The van der Waals surface area contributed by atoms with E-state index in [2.05, 4.69) is 30.8 Å². The highest BCUT2D eigenvalue weighted by molar-refractivity contribution is 5.87. The minimum absolute atomic E-state index is 0.572. The summed E-state index contributed by atoms with van der Waals surface area (Å²) in [4.78, 5) is 8.64. The van der Waals surface area contributed by atoms with E-state index >= 15 is 0 Å². The van der Waals surface area contributed by atoms with Crippen LogP contribution in [0.2, 0.25) is 0 Å². The summed E-state index contributed by atoms with van der Waals surface area (Å²) in [7, 11) is 1.80. The molecule has 1 fully saturated rings. The van der Waals surface area contributed by atoms with Crippen LogP contribution < -0.4 is 10.6 Å². The van der Waals surface area contributed by atoms with E-state index in [1.807, 2.05) is 0 Å². The number of nitrogens with zero attached hydrogens (tertiary/aromatic N) is 3. The summed E-state index contributed by atoms with van der Waals surface area (Å²) in [6, 6.07) is 0.572. The van der Waals surface area contributed by atoms with Crippen molar-refractivity contribution in [2.75, 3.05) is 17.7 Å². The molecule has 0 unspecified atom stereocenters. The first-order valence-corrected chi connectivity index (χ1v) is 5.02. The van der Waals surface area contributed by atoms with Gasteiger partial charge in [-0.1, -0.05) is 0 Å². The fraction of sp³-hybridized carbons (Fsp3) is 0.444. The van der Waals surface area contributed by atoms with Gasteiger partial charge in [-0.2, -0.15) is 15.1 Å². The van der Waals surface area contributed by atoms with Gasteiger partial charge in [-0.25, -0.2) is 0 Å². The molecule has 0 saturated heterocycles. The Morgan fingerprint density at radius 2 is 2.27 bits per heavy atom. The van der Waals surface area contributed by atoms with E-state index in [0.717, 1.165) is 16.9 Å². The molecule has 6 heteroatoms. The van der Waals surface area contributed by atoms with Gasteiger partial charge >= 0.3 is 0 Å². The first-order chi connectivity index (χ1) is 7.36. The number of aromatic nitrogens is 4. The molecule has 0 aromatic carbocycles. The van der Waals surface area contributed by atoms with Gasteiger partial charge in [0.25, 0.3) is 0 Å². The van der Waals surface area contributed by atoms with Crippen molar-refractivity contribution in [3.8, 4) is 0 Å². The van der Waals surface area contributed by atoms with Gasteiger partial charge in [-0.15, -0.1) is 0 Å². The number of hydrogen-bond donors (Lipinski definition) is 3. The van der Waals surface area contributed by atoms with Gasteiger partial charge in [0.2, 0.25) is 5.95 Å². The molecule has 2 heterocycles. The smallest absolute Gasteiger partial charge is 0.226 e. The fourth-order valence-corrected chi connectivity index (χ4v) is 1.48. The summed E-state index contributed by atoms with van der Waals surface area (Å²) in [5, 5.41) is 14.1. The van der Waals surface area contributed by atoms with Gasteiger partial charge in [-0.3, -0.25) is 5.10 Å². The Balaban J connectivity index is 2.09. The average Bonchev–Trinajstić information content (AvgIpc) is 2.93. The summed E-state index contributed by atoms with van der Waals surface area (Å²) in [5.41, 5.74) is 0.762. The molecule has 2 aromatic rings. The second kappa shape index (κ2) is 3.08. The van der Waals surface area contributed by atoms with Gasteiger partial charge in [0.05, 0.1) is 11.6 Å². The second-order valence-electron chi connectivity index (χ2n) is 3.70. The predicted molar refractivity (Wildman–Crippen MR) is 57.9 cm³/mol. The van der Waals surface area contributed by atoms with Gasteiger partial charge in [0.15, 0.2) is 5.65 Å².